The summed E-state index contributed by atoms with van der Waals surface area (Å²) < 4.78 is 32.5. The van der Waals surface area contributed by atoms with E-state index in [0.29, 0.717) is 25.4 Å². The van der Waals surface area contributed by atoms with E-state index in [2.05, 4.69) is 20.0 Å². The van der Waals surface area contributed by atoms with Crippen molar-refractivity contribution >= 4 is 10.0 Å². The second-order valence-corrected chi connectivity index (χ2v) is 5.48. The quantitative estimate of drug-likeness (QED) is 0.650. The van der Waals surface area contributed by atoms with E-state index in [1.165, 1.54) is 23.4 Å². The van der Waals surface area contributed by atoms with Gasteiger partial charge >= 0.3 is 0 Å². The Morgan fingerprint density at radius 1 is 1.47 bits per heavy atom. The Balaban J connectivity index is 1.93. The van der Waals surface area contributed by atoms with Gasteiger partial charge in [0.05, 0.1) is 12.7 Å². The van der Waals surface area contributed by atoms with E-state index < -0.39 is 10.0 Å². The fraction of sp³-hybridized carbons (Fsp3) is 0.444. The number of aromatic nitrogens is 4. The highest BCUT2D eigenvalue weighted by atomic mass is 32.2. The maximum absolute atomic E-state index is 11.9. The first kappa shape index (κ1) is 13.6. The van der Waals surface area contributed by atoms with Gasteiger partial charge in [0.15, 0.2) is 6.33 Å². The van der Waals surface area contributed by atoms with E-state index in [4.69, 9.17) is 10.3 Å². The number of hydrogen-bond donors (Lipinski definition) is 2. The maximum Gasteiger partial charge on any atom is 0.243 e. The van der Waals surface area contributed by atoms with Crippen LogP contribution in [0.1, 0.15) is 5.89 Å². The predicted octanol–water partition coefficient (Wildman–Crippen LogP) is -1.25. The molecule has 2 rings (SSSR count). The topological polar surface area (TPSA) is 129 Å². The summed E-state index contributed by atoms with van der Waals surface area (Å²) in [5.41, 5.74) is 5.36. The van der Waals surface area contributed by atoms with Gasteiger partial charge in [0.25, 0.3) is 0 Å². The number of nitrogens with zero attached hydrogens (tertiary/aromatic N) is 4. The normalized spacial score (nSPS) is 11.8. The molecule has 2 aromatic heterocycles. The Kier molecular flexibility index (Phi) is 4.24. The van der Waals surface area contributed by atoms with Gasteiger partial charge in [-0.1, -0.05) is 5.16 Å². The van der Waals surface area contributed by atoms with Gasteiger partial charge in [0.2, 0.25) is 15.9 Å². The standard InChI is InChI=1S/C9H14N6O3S/c10-2-4-15-6-8(5-12-15)19(16,17)14-3-1-9-11-7-13-18-9/h5-7,14H,1-4,10H2. The Morgan fingerprint density at radius 3 is 3.00 bits per heavy atom. The van der Waals surface area contributed by atoms with Gasteiger partial charge in [-0.05, 0) is 0 Å². The molecule has 0 aliphatic heterocycles. The van der Waals surface area contributed by atoms with Crippen molar-refractivity contribution in [3.05, 3.63) is 24.6 Å². The average Bonchev–Trinajstić information content (AvgIpc) is 3.00. The first-order chi connectivity index (χ1) is 9.12. The molecule has 0 saturated heterocycles. The summed E-state index contributed by atoms with van der Waals surface area (Å²) >= 11 is 0. The molecule has 0 atom stereocenters. The lowest BCUT2D eigenvalue weighted by molar-refractivity contribution is 0.377. The van der Waals surface area contributed by atoms with Crippen molar-refractivity contribution in [2.75, 3.05) is 13.1 Å². The molecule has 0 spiro atoms. The van der Waals surface area contributed by atoms with Gasteiger partial charge in [0.1, 0.15) is 4.90 Å². The van der Waals surface area contributed by atoms with Gasteiger partial charge in [-0.15, -0.1) is 0 Å². The number of nitrogens with two attached hydrogens (primary N) is 1. The Morgan fingerprint density at radius 2 is 2.32 bits per heavy atom. The molecule has 0 unspecified atom stereocenters. The molecule has 2 heterocycles. The Bertz CT molecular complexity index is 606. The minimum Gasteiger partial charge on any atom is -0.340 e. The van der Waals surface area contributed by atoms with Gasteiger partial charge in [-0.25, -0.2) is 13.1 Å². The molecular weight excluding hydrogens is 272 g/mol. The molecule has 3 N–H and O–H groups in total. The summed E-state index contributed by atoms with van der Waals surface area (Å²) in [6.07, 6.45) is 4.31. The van der Waals surface area contributed by atoms with E-state index in [0.717, 1.165) is 0 Å². The molecule has 10 heteroatoms. The zero-order valence-electron chi connectivity index (χ0n) is 10.1. The maximum atomic E-state index is 11.9. The lowest BCUT2D eigenvalue weighted by Gasteiger charge is -2.02. The molecule has 0 aliphatic rings. The van der Waals surface area contributed by atoms with Gasteiger partial charge < -0.3 is 10.3 Å². The fourth-order valence-corrected chi connectivity index (χ4v) is 2.40. The molecule has 0 fully saturated rings. The van der Waals surface area contributed by atoms with Crippen LogP contribution in [0.2, 0.25) is 0 Å². The number of hydrogen-bond acceptors (Lipinski definition) is 7. The van der Waals surface area contributed by atoms with Crippen LogP contribution in [0.25, 0.3) is 0 Å². The molecule has 104 valence electrons. The molecule has 9 nitrogen and oxygen atoms in total. The molecular formula is C9H14N6O3S. The van der Waals surface area contributed by atoms with Crippen molar-refractivity contribution in [3.8, 4) is 0 Å². The zero-order chi connectivity index (χ0) is 13.7. The highest BCUT2D eigenvalue weighted by Crippen LogP contribution is 2.06. The van der Waals surface area contributed by atoms with Crippen LogP contribution < -0.4 is 10.5 Å². The van der Waals surface area contributed by atoms with E-state index in [9.17, 15) is 8.42 Å². The monoisotopic (exact) mass is 286 g/mol. The van der Waals surface area contributed by atoms with E-state index in [1.807, 2.05) is 0 Å². The first-order valence-electron chi connectivity index (χ1n) is 5.59. The summed E-state index contributed by atoms with van der Waals surface area (Å²) in [7, 11) is -3.57. The molecule has 0 aliphatic carbocycles. The molecule has 0 radical (unpaired) electrons. The summed E-state index contributed by atoms with van der Waals surface area (Å²) in [5, 5.41) is 7.34. The third kappa shape index (κ3) is 3.59. The fourth-order valence-electron chi connectivity index (χ4n) is 1.42. The van der Waals surface area contributed by atoms with Crippen LogP contribution in [0.15, 0.2) is 28.1 Å². The third-order valence-electron chi connectivity index (χ3n) is 2.32. The Labute approximate surface area is 109 Å². The second-order valence-electron chi connectivity index (χ2n) is 3.71. The van der Waals surface area contributed by atoms with Crippen LogP contribution >= 0.6 is 0 Å². The van der Waals surface area contributed by atoms with Crippen LogP contribution in [0.4, 0.5) is 0 Å². The second kappa shape index (κ2) is 5.91. The molecule has 0 saturated carbocycles. The predicted molar refractivity (Wildman–Crippen MR) is 64.5 cm³/mol. The summed E-state index contributed by atoms with van der Waals surface area (Å²) in [6.45, 7) is 1.04. The van der Waals surface area contributed by atoms with Crippen LogP contribution in [0, 0.1) is 0 Å². The minimum absolute atomic E-state index is 0.103. The van der Waals surface area contributed by atoms with Gasteiger partial charge in [-0.3, -0.25) is 4.68 Å². The van der Waals surface area contributed by atoms with Crippen LogP contribution in [-0.4, -0.2) is 41.4 Å². The highest BCUT2D eigenvalue weighted by Gasteiger charge is 2.16. The Hall–Kier alpha value is -1.78. The van der Waals surface area contributed by atoms with E-state index in [-0.39, 0.29) is 11.4 Å². The largest absolute Gasteiger partial charge is 0.340 e. The van der Waals surface area contributed by atoms with Crippen LogP contribution in [0.3, 0.4) is 0 Å². The molecule has 0 aromatic carbocycles. The van der Waals surface area contributed by atoms with Crippen molar-refractivity contribution in [1.29, 1.82) is 0 Å². The van der Waals surface area contributed by atoms with Crippen molar-refractivity contribution in [2.24, 2.45) is 5.73 Å². The average molecular weight is 286 g/mol. The number of rotatable bonds is 7. The van der Waals surface area contributed by atoms with Crippen LogP contribution in [-0.2, 0) is 23.0 Å². The molecule has 0 bridgehead atoms. The SMILES string of the molecule is NCCn1cc(S(=O)(=O)NCCc2ncno2)cn1. The molecule has 0 amide bonds. The number of sulfonamides is 1. The molecule has 19 heavy (non-hydrogen) atoms. The minimum atomic E-state index is -3.57. The summed E-state index contributed by atoms with van der Waals surface area (Å²) in [6, 6.07) is 0. The third-order valence-corrected chi connectivity index (χ3v) is 3.73. The van der Waals surface area contributed by atoms with Crippen molar-refractivity contribution < 1.29 is 12.9 Å². The van der Waals surface area contributed by atoms with E-state index >= 15 is 0 Å². The van der Waals surface area contributed by atoms with E-state index in [1.54, 1.807) is 0 Å². The lowest BCUT2D eigenvalue weighted by atomic mass is 10.4. The van der Waals surface area contributed by atoms with Crippen molar-refractivity contribution in [3.63, 3.8) is 0 Å². The zero-order valence-corrected chi connectivity index (χ0v) is 10.9. The van der Waals surface area contributed by atoms with Crippen molar-refractivity contribution in [2.45, 2.75) is 17.9 Å². The van der Waals surface area contributed by atoms with Gasteiger partial charge in [-0.2, -0.15) is 10.1 Å². The van der Waals surface area contributed by atoms with Crippen molar-refractivity contribution in [1.82, 2.24) is 24.6 Å². The first-order valence-corrected chi connectivity index (χ1v) is 7.08. The van der Waals surface area contributed by atoms with Gasteiger partial charge in [0, 0.05) is 25.7 Å². The number of nitrogens with one attached hydrogen (secondary N) is 1. The summed E-state index contributed by atoms with van der Waals surface area (Å²) in [5.74, 6) is 0.376. The highest BCUT2D eigenvalue weighted by molar-refractivity contribution is 7.89. The smallest absolute Gasteiger partial charge is 0.243 e. The molecule has 2 aromatic rings. The van der Waals surface area contributed by atoms with Crippen LogP contribution in [0.5, 0.6) is 0 Å². The lowest BCUT2D eigenvalue weighted by Crippen LogP contribution is -2.25. The summed E-state index contributed by atoms with van der Waals surface area (Å²) in [4.78, 5) is 3.90.